The fourth-order valence-electron chi connectivity index (χ4n) is 1.32. The molecule has 0 amide bonds. The van der Waals surface area contributed by atoms with Gasteiger partial charge in [-0.15, -0.1) is 0 Å². The molecular formula is C7H10N2. The SMILES string of the molecule is C1=CN2CCCC2=CN1. The molecule has 0 bridgehead atoms. The normalized spacial score (nSPS) is 23.1. The Labute approximate surface area is 54.8 Å². The lowest BCUT2D eigenvalue weighted by molar-refractivity contribution is 0.519. The lowest BCUT2D eigenvalue weighted by Gasteiger charge is -2.17. The molecule has 0 aromatic rings. The summed E-state index contributed by atoms with van der Waals surface area (Å²) in [7, 11) is 0. The molecule has 1 fully saturated rings. The highest BCUT2D eigenvalue weighted by molar-refractivity contribution is 5.13. The predicted molar refractivity (Wildman–Crippen MR) is 36.3 cm³/mol. The number of fused-ring (bicyclic) bond motifs is 1. The summed E-state index contributed by atoms with van der Waals surface area (Å²) in [6, 6.07) is 0. The van der Waals surface area contributed by atoms with Gasteiger partial charge in [-0.25, -0.2) is 0 Å². The lowest BCUT2D eigenvalue weighted by atomic mass is 10.3. The molecule has 2 aliphatic heterocycles. The Bertz CT molecular complexity index is 170. The molecule has 2 heterocycles. The van der Waals surface area contributed by atoms with Gasteiger partial charge in [-0.05, 0) is 12.8 Å². The fourth-order valence-corrected chi connectivity index (χ4v) is 1.32. The molecule has 2 nitrogen and oxygen atoms in total. The minimum absolute atomic E-state index is 1.20. The lowest BCUT2D eigenvalue weighted by Crippen LogP contribution is -2.16. The van der Waals surface area contributed by atoms with Crippen molar-refractivity contribution in [1.82, 2.24) is 10.2 Å². The van der Waals surface area contributed by atoms with Crippen LogP contribution in [-0.2, 0) is 0 Å². The van der Waals surface area contributed by atoms with Crippen molar-refractivity contribution < 1.29 is 0 Å². The molecular weight excluding hydrogens is 112 g/mol. The van der Waals surface area contributed by atoms with Crippen molar-refractivity contribution in [3.63, 3.8) is 0 Å². The Hall–Kier alpha value is -0.920. The zero-order valence-electron chi connectivity index (χ0n) is 5.30. The summed E-state index contributed by atoms with van der Waals surface area (Å²) in [5, 5.41) is 3.07. The quantitative estimate of drug-likeness (QED) is 0.515. The summed E-state index contributed by atoms with van der Waals surface area (Å²) in [5.41, 5.74) is 1.43. The Morgan fingerprint density at radius 3 is 3.44 bits per heavy atom. The largest absolute Gasteiger partial charge is 0.365 e. The maximum atomic E-state index is 3.07. The van der Waals surface area contributed by atoms with E-state index in [-0.39, 0.29) is 0 Å². The van der Waals surface area contributed by atoms with Crippen LogP contribution in [0.3, 0.4) is 0 Å². The first-order valence-corrected chi connectivity index (χ1v) is 3.35. The van der Waals surface area contributed by atoms with Crippen LogP contribution in [0.4, 0.5) is 0 Å². The van der Waals surface area contributed by atoms with Crippen LogP contribution in [0.25, 0.3) is 0 Å². The summed E-state index contributed by atoms with van der Waals surface area (Å²) in [6.45, 7) is 1.20. The second kappa shape index (κ2) is 1.79. The summed E-state index contributed by atoms with van der Waals surface area (Å²) >= 11 is 0. The van der Waals surface area contributed by atoms with Gasteiger partial charge in [-0.2, -0.15) is 0 Å². The average molecular weight is 122 g/mol. The van der Waals surface area contributed by atoms with Crippen LogP contribution in [0.1, 0.15) is 12.8 Å². The van der Waals surface area contributed by atoms with Crippen LogP contribution < -0.4 is 5.32 Å². The maximum absolute atomic E-state index is 3.07. The molecule has 0 aromatic carbocycles. The highest BCUT2D eigenvalue weighted by Crippen LogP contribution is 2.21. The van der Waals surface area contributed by atoms with E-state index < -0.39 is 0 Å². The van der Waals surface area contributed by atoms with Gasteiger partial charge in [-0.1, -0.05) is 0 Å². The average Bonchev–Trinajstić information content (AvgIpc) is 2.33. The third-order valence-corrected chi connectivity index (χ3v) is 1.80. The van der Waals surface area contributed by atoms with Crippen molar-refractivity contribution in [2.75, 3.05) is 6.54 Å². The Kier molecular flexibility index (Phi) is 0.979. The Morgan fingerprint density at radius 2 is 2.56 bits per heavy atom. The minimum atomic E-state index is 1.20. The number of hydrogen-bond donors (Lipinski definition) is 1. The summed E-state index contributed by atoms with van der Waals surface area (Å²) < 4.78 is 0. The van der Waals surface area contributed by atoms with Crippen LogP contribution in [0.5, 0.6) is 0 Å². The zero-order chi connectivity index (χ0) is 6.10. The summed E-state index contributed by atoms with van der Waals surface area (Å²) in [4.78, 5) is 2.29. The van der Waals surface area contributed by atoms with Crippen molar-refractivity contribution in [2.45, 2.75) is 12.8 Å². The van der Waals surface area contributed by atoms with Crippen LogP contribution in [-0.4, -0.2) is 11.4 Å². The topological polar surface area (TPSA) is 15.3 Å². The van der Waals surface area contributed by atoms with Crippen LogP contribution in [0.2, 0.25) is 0 Å². The van der Waals surface area contributed by atoms with Crippen LogP contribution in [0, 0.1) is 0 Å². The van der Waals surface area contributed by atoms with E-state index in [1.54, 1.807) is 0 Å². The third kappa shape index (κ3) is 0.707. The Balaban J connectivity index is 2.22. The van der Waals surface area contributed by atoms with Crippen molar-refractivity contribution >= 4 is 0 Å². The number of rotatable bonds is 0. The minimum Gasteiger partial charge on any atom is -0.365 e. The van der Waals surface area contributed by atoms with E-state index in [2.05, 4.69) is 22.6 Å². The summed E-state index contributed by atoms with van der Waals surface area (Å²) in [6.07, 6.45) is 8.68. The molecule has 2 heteroatoms. The molecule has 2 rings (SSSR count). The van der Waals surface area contributed by atoms with E-state index in [9.17, 15) is 0 Å². The van der Waals surface area contributed by atoms with Crippen molar-refractivity contribution in [3.8, 4) is 0 Å². The number of hydrogen-bond acceptors (Lipinski definition) is 2. The summed E-state index contributed by atoms with van der Waals surface area (Å²) in [5.74, 6) is 0. The molecule has 9 heavy (non-hydrogen) atoms. The smallest absolute Gasteiger partial charge is 0.0336 e. The molecule has 48 valence electrons. The Morgan fingerprint density at radius 1 is 1.56 bits per heavy atom. The molecule has 0 atom stereocenters. The predicted octanol–water partition coefficient (Wildman–Crippen LogP) is 0.998. The second-order valence-corrected chi connectivity index (χ2v) is 2.42. The molecule has 0 aliphatic carbocycles. The third-order valence-electron chi connectivity index (χ3n) is 1.80. The highest BCUT2D eigenvalue weighted by atomic mass is 15.2. The van der Waals surface area contributed by atoms with Crippen molar-refractivity contribution in [2.24, 2.45) is 0 Å². The molecule has 1 saturated heterocycles. The van der Waals surface area contributed by atoms with Gasteiger partial charge in [0.2, 0.25) is 0 Å². The van der Waals surface area contributed by atoms with Crippen LogP contribution >= 0.6 is 0 Å². The van der Waals surface area contributed by atoms with E-state index in [0.29, 0.717) is 0 Å². The van der Waals surface area contributed by atoms with E-state index in [1.165, 1.54) is 25.1 Å². The monoisotopic (exact) mass is 122 g/mol. The van der Waals surface area contributed by atoms with Crippen molar-refractivity contribution in [1.29, 1.82) is 0 Å². The molecule has 0 unspecified atom stereocenters. The molecule has 2 aliphatic rings. The fraction of sp³-hybridized carbons (Fsp3) is 0.429. The molecule has 1 N–H and O–H groups in total. The van der Waals surface area contributed by atoms with Gasteiger partial charge >= 0.3 is 0 Å². The van der Waals surface area contributed by atoms with Gasteiger partial charge in [0.25, 0.3) is 0 Å². The maximum Gasteiger partial charge on any atom is 0.0336 e. The molecule has 0 aromatic heterocycles. The van der Waals surface area contributed by atoms with Gasteiger partial charge in [0.15, 0.2) is 0 Å². The first kappa shape index (κ1) is 4.91. The van der Waals surface area contributed by atoms with Gasteiger partial charge in [0.1, 0.15) is 0 Å². The molecule has 0 saturated carbocycles. The zero-order valence-corrected chi connectivity index (χ0v) is 5.30. The van der Waals surface area contributed by atoms with E-state index >= 15 is 0 Å². The van der Waals surface area contributed by atoms with Gasteiger partial charge in [0, 0.05) is 30.8 Å². The van der Waals surface area contributed by atoms with Gasteiger partial charge in [0.05, 0.1) is 0 Å². The first-order chi connectivity index (χ1) is 4.47. The van der Waals surface area contributed by atoms with E-state index in [4.69, 9.17) is 0 Å². The van der Waals surface area contributed by atoms with Gasteiger partial charge < -0.3 is 10.2 Å². The first-order valence-electron chi connectivity index (χ1n) is 3.35. The standard InChI is InChI=1S/C7H10N2/c1-2-7-6-8-3-5-9(7)4-1/h3,5-6,8H,1-2,4H2. The number of nitrogens with zero attached hydrogens (tertiary/aromatic N) is 1. The van der Waals surface area contributed by atoms with Crippen LogP contribution in [0.15, 0.2) is 24.3 Å². The van der Waals surface area contributed by atoms with Gasteiger partial charge in [-0.3, -0.25) is 0 Å². The van der Waals surface area contributed by atoms with E-state index in [0.717, 1.165) is 0 Å². The number of nitrogens with one attached hydrogen (secondary N) is 1. The second-order valence-electron chi connectivity index (χ2n) is 2.42. The highest BCUT2D eigenvalue weighted by Gasteiger charge is 2.14. The van der Waals surface area contributed by atoms with E-state index in [1.807, 2.05) is 6.20 Å². The molecule has 0 spiro atoms. The molecule has 0 radical (unpaired) electrons. The number of allylic oxidation sites excluding steroid dienone is 1. The van der Waals surface area contributed by atoms with Crippen molar-refractivity contribution in [3.05, 3.63) is 24.3 Å².